The van der Waals surface area contributed by atoms with Crippen LogP contribution in [0, 0.1) is 5.41 Å². The van der Waals surface area contributed by atoms with Crippen molar-refractivity contribution in [3.05, 3.63) is 41.9 Å². The van der Waals surface area contributed by atoms with Gasteiger partial charge in [0, 0.05) is 5.02 Å². The number of nitrogens with zero attached hydrogens (tertiary/aromatic N) is 3. The fraction of sp³-hybridized carbons (Fsp3) is 0.412. The predicted molar refractivity (Wildman–Crippen MR) is 91.2 cm³/mol. The number of halogens is 1. The molecule has 0 saturated carbocycles. The molecule has 8 heteroatoms. The van der Waals surface area contributed by atoms with E-state index in [0.717, 1.165) is 0 Å². The molecule has 2 atom stereocenters. The van der Waals surface area contributed by atoms with Gasteiger partial charge in [0.2, 0.25) is 5.78 Å². The SMILES string of the molecule is CCOC(=O)C(C)(CC)C(=O)C(Oc1ccc(Cl)cc1)n1cncn1. The molecule has 1 aromatic carbocycles. The van der Waals surface area contributed by atoms with Crippen LogP contribution < -0.4 is 4.74 Å². The first-order valence-corrected chi connectivity index (χ1v) is 8.28. The highest BCUT2D eigenvalue weighted by Gasteiger charge is 2.46. The van der Waals surface area contributed by atoms with Crippen molar-refractivity contribution < 1.29 is 19.1 Å². The number of carbonyl (C=O) groups excluding carboxylic acids is 2. The van der Waals surface area contributed by atoms with Gasteiger partial charge in [-0.25, -0.2) is 9.67 Å². The quantitative estimate of drug-likeness (QED) is 0.528. The minimum atomic E-state index is -1.36. The summed E-state index contributed by atoms with van der Waals surface area (Å²) in [5.74, 6) is -0.637. The number of ether oxygens (including phenoxy) is 2. The van der Waals surface area contributed by atoms with E-state index in [4.69, 9.17) is 21.1 Å². The zero-order valence-electron chi connectivity index (χ0n) is 14.3. The second-order valence-electron chi connectivity index (χ2n) is 5.57. The topological polar surface area (TPSA) is 83.3 Å². The zero-order valence-corrected chi connectivity index (χ0v) is 15.1. The summed E-state index contributed by atoms with van der Waals surface area (Å²) in [6.07, 6.45) is 1.76. The number of carbonyl (C=O) groups is 2. The average Bonchev–Trinajstić information content (AvgIpc) is 3.14. The van der Waals surface area contributed by atoms with Gasteiger partial charge in [-0.2, -0.15) is 5.10 Å². The van der Waals surface area contributed by atoms with Gasteiger partial charge in [0.05, 0.1) is 6.61 Å². The summed E-state index contributed by atoms with van der Waals surface area (Å²) in [6.45, 7) is 5.17. The Labute approximate surface area is 150 Å². The van der Waals surface area contributed by atoms with Crippen LogP contribution in [0.3, 0.4) is 0 Å². The molecule has 0 fully saturated rings. The second-order valence-corrected chi connectivity index (χ2v) is 6.01. The monoisotopic (exact) mass is 365 g/mol. The fourth-order valence-electron chi connectivity index (χ4n) is 2.19. The van der Waals surface area contributed by atoms with E-state index in [9.17, 15) is 9.59 Å². The molecule has 0 bridgehead atoms. The molecule has 134 valence electrons. The normalized spacial score (nSPS) is 14.4. The van der Waals surface area contributed by atoms with Crippen molar-refractivity contribution in [2.24, 2.45) is 5.41 Å². The largest absolute Gasteiger partial charge is 0.465 e. The smallest absolute Gasteiger partial charge is 0.319 e. The van der Waals surface area contributed by atoms with Gasteiger partial charge in [0.25, 0.3) is 6.23 Å². The zero-order chi connectivity index (χ0) is 18.4. The standard InChI is InChI=1S/C17H20ClN3O4/c1-4-17(3,16(23)24-5-2)14(22)15(21-11-19-10-20-21)25-13-8-6-12(18)7-9-13/h6-11,15H,4-5H2,1-3H3. The van der Waals surface area contributed by atoms with Crippen LogP contribution in [0.5, 0.6) is 5.75 Å². The van der Waals surface area contributed by atoms with Crippen LogP contribution in [0.25, 0.3) is 0 Å². The van der Waals surface area contributed by atoms with Crippen molar-refractivity contribution in [1.29, 1.82) is 0 Å². The van der Waals surface area contributed by atoms with Crippen LogP contribution in [0.1, 0.15) is 33.4 Å². The first-order chi connectivity index (χ1) is 11.9. The Hall–Kier alpha value is -2.41. The van der Waals surface area contributed by atoms with Crippen molar-refractivity contribution in [2.75, 3.05) is 6.61 Å². The maximum Gasteiger partial charge on any atom is 0.319 e. The lowest BCUT2D eigenvalue weighted by molar-refractivity contribution is -0.163. The summed E-state index contributed by atoms with van der Waals surface area (Å²) in [4.78, 5) is 29.3. The molecule has 7 nitrogen and oxygen atoms in total. The van der Waals surface area contributed by atoms with E-state index < -0.39 is 23.4 Å². The Morgan fingerprint density at radius 3 is 2.48 bits per heavy atom. The van der Waals surface area contributed by atoms with Crippen LogP contribution in [0.15, 0.2) is 36.9 Å². The molecule has 0 spiro atoms. The third-order valence-corrected chi connectivity index (χ3v) is 4.19. The number of benzene rings is 1. The first-order valence-electron chi connectivity index (χ1n) is 7.90. The molecule has 0 amide bonds. The molecular weight excluding hydrogens is 346 g/mol. The highest BCUT2D eigenvalue weighted by molar-refractivity contribution is 6.30. The molecule has 0 radical (unpaired) electrons. The van der Waals surface area contributed by atoms with Crippen LogP contribution >= 0.6 is 11.6 Å². The highest BCUT2D eigenvalue weighted by Crippen LogP contribution is 2.31. The van der Waals surface area contributed by atoms with Gasteiger partial charge in [0.1, 0.15) is 23.8 Å². The van der Waals surface area contributed by atoms with Crippen LogP contribution in [-0.4, -0.2) is 33.1 Å². The van der Waals surface area contributed by atoms with E-state index in [-0.39, 0.29) is 13.0 Å². The van der Waals surface area contributed by atoms with Crippen molar-refractivity contribution in [2.45, 2.75) is 33.4 Å². The van der Waals surface area contributed by atoms with Crippen molar-refractivity contribution >= 4 is 23.4 Å². The lowest BCUT2D eigenvalue weighted by Gasteiger charge is -2.28. The van der Waals surface area contributed by atoms with Gasteiger partial charge in [-0.15, -0.1) is 0 Å². The van der Waals surface area contributed by atoms with Gasteiger partial charge >= 0.3 is 5.97 Å². The van der Waals surface area contributed by atoms with Crippen molar-refractivity contribution in [3.8, 4) is 5.75 Å². The van der Waals surface area contributed by atoms with Crippen LogP contribution in [-0.2, 0) is 14.3 Å². The molecule has 0 aliphatic rings. The average molecular weight is 366 g/mol. The molecule has 2 unspecified atom stereocenters. The molecule has 0 N–H and O–H groups in total. The molecule has 2 rings (SSSR count). The predicted octanol–water partition coefficient (Wildman–Crippen LogP) is 3.06. The molecule has 0 saturated heterocycles. The van der Waals surface area contributed by atoms with Gasteiger partial charge in [-0.3, -0.25) is 9.59 Å². The molecule has 1 aromatic heterocycles. The molecule has 25 heavy (non-hydrogen) atoms. The van der Waals surface area contributed by atoms with E-state index in [1.165, 1.54) is 17.3 Å². The summed E-state index contributed by atoms with van der Waals surface area (Å²) in [7, 11) is 0. The third-order valence-electron chi connectivity index (χ3n) is 3.94. The minimum Gasteiger partial charge on any atom is -0.465 e. The van der Waals surface area contributed by atoms with Gasteiger partial charge in [-0.05, 0) is 44.5 Å². The van der Waals surface area contributed by atoms with E-state index in [1.54, 1.807) is 45.0 Å². The summed E-state index contributed by atoms with van der Waals surface area (Å²) in [5, 5.41) is 4.53. The maximum atomic E-state index is 13.1. The number of esters is 1. The van der Waals surface area contributed by atoms with Crippen molar-refractivity contribution in [1.82, 2.24) is 14.8 Å². The first kappa shape index (κ1) is 18.9. The van der Waals surface area contributed by atoms with Gasteiger partial charge in [0.15, 0.2) is 0 Å². The summed E-state index contributed by atoms with van der Waals surface area (Å²) < 4.78 is 12.1. The summed E-state index contributed by atoms with van der Waals surface area (Å²) >= 11 is 5.87. The second kappa shape index (κ2) is 8.11. The molecular formula is C17H20ClN3O4. The Morgan fingerprint density at radius 1 is 1.28 bits per heavy atom. The molecule has 0 aliphatic heterocycles. The van der Waals surface area contributed by atoms with E-state index >= 15 is 0 Å². The van der Waals surface area contributed by atoms with E-state index in [2.05, 4.69) is 10.1 Å². The fourth-order valence-corrected chi connectivity index (χ4v) is 2.32. The van der Waals surface area contributed by atoms with Crippen molar-refractivity contribution in [3.63, 3.8) is 0 Å². The Morgan fingerprint density at radius 2 is 1.96 bits per heavy atom. The minimum absolute atomic E-state index is 0.188. The summed E-state index contributed by atoms with van der Waals surface area (Å²) in [5.41, 5.74) is -1.36. The molecule has 1 heterocycles. The summed E-state index contributed by atoms with van der Waals surface area (Å²) in [6, 6.07) is 6.55. The maximum absolute atomic E-state index is 13.1. The number of rotatable bonds is 8. The molecule has 0 aliphatic carbocycles. The number of Topliss-reactive ketones (excluding diaryl/α,β-unsaturated/α-hetero) is 1. The Bertz CT molecular complexity index is 718. The van der Waals surface area contributed by atoms with Gasteiger partial charge < -0.3 is 9.47 Å². The Kier molecular flexibility index (Phi) is 6.14. The third kappa shape index (κ3) is 4.17. The highest BCUT2D eigenvalue weighted by atomic mass is 35.5. The number of hydrogen-bond acceptors (Lipinski definition) is 6. The van der Waals surface area contributed by atoms with E-state index in [1.807, 2.05) is 0 Å². The Balaban J connectivity index is 2.36. The van der Waals surface area contributed by atoms with E-state index in [0.29, 0.717) is 10.8 Å². The number of aromatic nitrogens is 3. The lowest BCUT2D eigenvalue weighted by atomic mass is 9.82. The number of ketones is 1. The number of hydrogen-bond donors (Lipinski definition) is 0. The molecule has 2 aromatic rings. The van der Waals surface area contributed by atoms with Crippen LogP contribution in [0.2, 0.25) is 5.02 Å². The van der Waals surface area contributed by atoms with Crippen LogP contribution in [0.4, 0.5) is 0 Å². The van der Waals surface area contributed by atoms with Gasteiger partial charge in [-0.1, -0.05) is 18.5 Å². The lowest BCUT2D eigenvalue weighted by Crippen LogP contribution is -2.44.